The second kappa shape index (κ2) is 6.44. The van der Waals surface area contributed by atoms with E-state index in [1.165, 1.54) is 11.3 Å². The van der Waals surface area contributed by atoms with Gasteiger partial charge in [-0.3, -0.25) is 0 Å². The van der Waals surface area contributed by atoms with E-state index >= 15 is 0 Å². The van der Waals surface area contributed by atoms with E-state index in [-0.39, 0.29) is 5.97 Å². The van der Waals surface area contributed by atoms with Crippen molar-refractivity contribution in [3.05, 3.63) is 47.0 Å². The molecule has 3 rings (SSSR count). The van der Waals surface area contributed by atoms with E-state index in [4.69, 9.17) is 26.8 Å². The van der Waals surface area contributed by atoms with E-state index < -0.39 is 0 Å². The van der Waals surface area contributed by atoms with Crippen molar-refractivity contribution in [1.82, 2.24) is 4.98 Å². The third kappa shape index (κ3) is 3.55. The molecule has 0 fully saturated rings. The van der Waals surface area contributed by atoms with Gasteiger partial charge in [-0.1, -0.05) is 22.9 Å². The molecule has 0 atom stereocenters. The van der Waals surface area contributed by atoms with E-state index in [1.54, 1.807) is 43.3 Å². The molecular formula is C16H13ClN2O3S. The highest BCUT2D eigenvalue weighted by Gasteiger charge is 2.11. The Bertz CT molecular complexity index is 859. The van der Waals surface area contributed by atoms with Crippen molar-refractivity contribution in [1.29, 1.82) is 0 Å². The molecule has 118 valence electrons. The van der Waals surface area contributed by atoms with Crippen LogP contribution in [-0.4, -0.2) is 17.6 Å². The fourth-order valence-electron chi connectivity index (χ4n) is 2.03. The number of thiazole rings is 1. The second-order valence-corrected chi connectivity index (χ2v) is 6.13. The molecule has 23 heavy (non-hydrogen) atoms. The molecule has 0 spiro atoms. The Labute approximate surface area is 141 Å². The number of fused-ring (bicyclic) bond motifs is 1. The molecule has 1 aromatic heterocycles. The van der Waals surface area contributed by atoms with Gasteiger partial charge in [0.05, 0.1) is 22.4 Å². The Morgan fingerprint density at radius 1 is 1.30 bits per heavy atom. The molecular weight excluding hydrogens is 336 g/mol. The normalized spacial score (nSPS) is 10.7. The summed E-state index contributed by atoms with van der Waals surface area (Å²) in [6.45, 7) is 2.11. The van der Waals surface area contributed by atoms with Gasteiger partial charge in [-0.15, -0.1) is 0 Å². The number of benzene rings is 2. The molecule has 7 heteroatoms. The summed E-state index contributed by atoms with van der Waals surface area (Å²) >= 11 is 7.28. The van der Waals surface area contributed by atoms with Crippen LogP contribution in [0.5, 0.6) is 10.9 Å². The number of nitrogens with two attached hydrogens (primary N) is 1. The predicted molar refractivity (Wildman–Crippen MR) is 91.5 cm³/mol. The molecule has 0 aliphatic heterocycles. The fraction of sp³-hybridized carbons (Fsp3) is 0.125. The first-order chi connectivity index (χ1) is 11.0. The molecule has 0 saturated heterocycles. The molecule has 3 aromatic rings. The number of hydrogen-bond acceptors (Lipinski definition) is 6. The van der Waals surface area contributed by atoms with Gasteiger partial charge in [0.2, 0.25) is 0 Å². The summed E-state index contributed by atoms with van der Waals surface area (Å²) < 4.78 is 11.5. The highest BCUT2D eigenvalue weighted by atomic mass is 35.5. The van der Waals surface area contributed by atoms with Gasteiger partial charge in [0, 0.05) is 16.8 Å². The second-order valence-electron chi connectivity index (χ2n) is 4.71. The highest BCUT2D eigenvalue weighted by molar-refractivity contribution is 7.20. The van der Waals surface area contributed by atoms with Gasteiger partial charge in [-0.2, -0.15) is 0 Å². The first-order valence-electron chi connectivity index (χ1n) is 6.87. The van der Waals surface area contributed by atoms with E-state index in [0.717, 1.165) is 10.2 Å². The molecule has 0 amide bonds. The number of aromatic nitrogens is 1. The molecule has 5 nitrogen and oxygen atoms in total. The summed E-state index contributed by atoms with van der Waals surface area (Å²) in [5, 5.41) is 0.938. The molecule has 2 aromatic carbocycles. The Morgan fingerprint density at radius 3 is 2.87 bits per heavy atom. The lowest BCUT2D eigenvalue weighted by atomic mass is 10.2. The van der Waals surface area contributed by atoms with Crippen molar-refractivity contribution >= 4 is 44.8 Å². The lowest BCUT2D eigenvalue weighted by Crippen LogP contribution is -2.03. The number of ether oxygens (including phenoxy) is 2. The zero-order valence-corrected chi connectivity index (χ0v) is 13.8. The standard InChI is InChI=1S/C16H13ClN2O3S/c1-2-21-15(20)9-3-4-13-14(5-9)23-16(19-13)22-12-7-10(17)6-11(18)8-12/h3-8H,2,18H2,1H3. The van der Waals surface area contributed by atoms with Crippen molar-refractivity contribution in [2.75, 3.05) is 12.3 Å². The first kappa shape index (κ1) is 15.6. The van der Waals surface area contributed by atoms with Crippen molar-refractivity contribution in [2.45, 2.75) is 6.92 Å². The van der Waals surface area contributed by atoms with Crippen LogP contribution in [0.1, 0.15) is 17.3 Å². The quantitative estimate of drug-likeness (QED) is 0.555. The van der Waals surface area contributed by atoms with Crippen molar-refractivity contribution < 1.29 is 14.3 Å². The van der Waals surface area contributed by atoms with E-state index in [2.05, 4.69) is 4.98 Å². The Morgan fingerprint density at radius 2 is 2.13 bits per heavy atom. The minimum absolute atomic E-state index is 0.337. The Balaban J connectivity index is 1.89. The van der Waals surface area contributed by atoms with Gasteiger partial charge in [-0.05, 0) is 37.3 Å². The Kier molecular flexibility index (Phi) is 4.36. The summed E-state index contributed by atoms with van der Waals surface area (Å²) in [5.74, 6) is 0.160. The van der Waals surface area contributed by atoms with Gasteiger partial charge in [0.25, 0.3) is 5.19 Å². The number of rotatable bonds is 4. The average Bonchev–Trinajstić information content (AvgIpc) is 2.87. The maximum atomic E-state index is 11.8. The number of carbonyl (C=O) groups excluding carboxylic acids is 1. The predicted octanol–water partition coefficient (Wildman–Crippen LogP) is 4.50. The molecule has 0 aliphatic carbocycles. The number of carbonyl (C=O) groups is 1. The largest absolute Gasteiger partial charge is 0.462 e. The summed E-state index contributed by atoms with van der Waals surface area (Å²) in [6.07, 6.45) is 0. The number of nitrogens with zero attached hydrogens (tertiary/aromatic N) is 1. The molecule has 0 aliphatic rings. The number of esters is 1. The summed E-state index contributed by atoms with van der Waals surface area (Å²) in [6, 6.07) is 10.1. The number of nitrogen functional groups attached to an aromatic ring is 1. The van der Waals surface area contributed by atoms with Gasteiger partial charge < -0.3 is 15.2 Å². The average molecular weight is 349 g/mol. The van der Waals surface area contributed by atoms with Crippen molar-refractivity contribution in [3.8, 4) is 10.9 Å². The number of hydrogen-bond donors (Lipinski definition) is 1. The number of anilines is 1. The van der Waals surface area contributed by atoms with E-state index in [0.29, 0.717) is 33.8 Å². The smallest absolute Gasteiger partial charge is 0.338 e. The first-order valence-corrected chi connectivity index (χ1v) is 8.06. The van der Waals surface area contributed by atoms with Crippen LogP contribution in [0.3, 0.4) is 0 Å². The van der Waals surface area contributed by atoms with Crippen LogP contribution in [0.4, 0.5) is 5.69 Å². The molecule has 1 heterocycles. The van der Waals surface area contributed by atoms with Crippen LogP contribution in [0.15, 0.2) is 36.4 Å². The van der Waals surface area contributed by atoms with Gasteiger partial charge in [0.1, 0.15) is 5.75 Å². The zero-order chi connectivity index (χ0) is 16.4. The molecule has 0 unspecified atom stereocenters. The summed E-state index contributed by atoms with van der Waals surface area (Å²) in [5.41, 5.74) is 7.48. The van der Waals surface area contributed by atoms with Crippen LogP contribution >= 0.6 is 22.9 Å². The van der Waals surface area contributed by atoms with Crippen molar-refractivity contribution in [2.24, 2.45) is 0 Å². The van der Waals surface area contributed by atoms with Crippen LogP contribution in [0.2, 0.25) is 5.02 Å². The minimum Gasteiger partial charge on any atom is -0.462 e. The van der Waals surface area contributed by atoms with Crippen LogP contribution in [0.25, 0.3) is 10.2 Å². The fourth-order valence-corrected chi connectivity index (χ4v) is 3.14. The minimum atomic E-state index is -0.354. The summed E-state index contributed by atoms with van der Waals surface area (Å²) in [4.78, 5) is 16.1. The maximum Gasteiger partial charge on any atom is 0.338 e. The summed E-state index contributed by atoms with van der Waals surface area (Å²) in [7, 11) is 0. The molecule has 2 N–H and O–H groups in total. The van der Waals surface area contributed by atoms with Crippen LogP contribution < -0.4 is 10.5 Å². The molecule has 0 bridgehead atoms. The van der Waals surface area contributed by atoms with Gasteiger partial charge in [0.15, 0.2) is 0 Å². The van der Waals surface area contributed by atoms with E-state index in [1.807, 2.05) is 0 Å². The third-order valence-corrected chi connectivity index (χ3v) is 4.09. The Hall–Kier alpha value is -2.31. The lowest BCUT2D eigenvalue weighted by Gasteiger charge is -2.03. The molecule has 0 radical (unpaired) electrons. The van der Waals surface area contributed by atoms with Crippen LogP contribution in [0, 0.1) is 0 Å². The highest BCUT2D eigenvalue weighted by Crippen LogP contribution is 2.33. The molecule has 0 saturated carbocycles. The SMILES string of the molecule is CCOC(=O)c1ccc2nc(Oc3cc(N)cc(Cl)c3)sc2c1. The van der Waals surface area contributed by atoms with Crippen molar-refractivity contribution in [3.63, 3.8) is 0 Å². The topological polar surface area (TPSA) is 74.4 Å². The maximum absolute atomic E-state index is 11.8. The lowest BCUT2D eigenvalue weighted by molar-refractivity contribution is 0.0526. The van der Waals surface area contributed by atoms with Crippen LogP contribution in [-0.2, 0) is 4.74 Å². The van der Waals surface area contributed by atoms with E-state index in [9.17, 15) is 4.79 Å². The number of halogens is 1. The monoisotopic (exact) mass is 348 g/mol. The van der Waals surface area contributed by atoms with Gasteiger partial charge in [-0.25, -0.2) is 9.78 Å². The third-order valence-electron chi connectivity index (χ3n) is 2.98. The zero-order valence-electron chi connectivity index (χ0n) is 12.2. The van der Waals surface area contributed by atoms with Gasteiger partial charge >= 0.3 is 5.97 Å².